The minimum Gasteiger partial charge on any atom is -0.463 e. The van der Waals surface area contributed by atoms with Crippen molar-refractivity contribution in [2.24, 2.45) is 0 Å². The van der Waals surface area contributed by atoms with Gasteiger partial charge < -0.3 is 9.73 Å². The molecule has 108 valence electrons. The van der Waals surface area contributed by atoms with Gasteiger partial charge in [0.25, 0.3) is 0 Å². The van der Waals surface area contributed by atoms with E-state index in [1.54, 1.807) is 0 Å². The maximum Gasteiger partial charge on any atom is 0.125 e. The molecule has 2 aromatic heterocycles. The van der Waals surface area contributed by atoms with Crippen LogP contribution in [0, 0.1) is 0 Å². The van der Waals surface area contributed by atoms with Crippen molar-refractivity contribution in [2.45, 2.75) is 58.7 Å². The van der Waals surface area contributed by atoms with Crippen molar-refractivity contribution < 1.29 is 4.42 Å². The lowest BCUT2D eigenvalue weighted by molar-refractivity contribution is 0.426. The van der Waals surface area contributed by atoms with E-state index in [9.17, 15) is 0 Å². The highest BCUT2D eigenvalue weighted by atomic mass is 16.3. The predicted molar refractivity (Wildman–Crippen MR) is 78.7 cm³/mol. The molecule has 1 saturated carbocycles. The Morgan fingerprint density at radius 3 is 2.75 bits per heavy atom. The van der Waals surface area contributed by atoms with Crippen molar-refractivity contribution in [3.8, 4) is 0 Å². The zero-order chi connectivity index (χ0) is 13.9. The van der Waals surface area contributed by atoms with E-state index in [0.717, 1.165) is 43.1 Å². The molecule has 20 heavy (non-hydrogen) atoms. The normalized spacial score (nSPS) is 14.9. The van der Waals surface area contributed by atoms with Gasteiger partial charge in [-0.2, -0.15) is 5.10 Å². The smallest absolute Gasteiger partial charge is 0.125 e. The molecule has 2 aromatic rings. The van der Waals surface area contributed by atoms with Gasteiger partial charge in [-0.3, -0.25) is 4.68 Å². The average Bonchev–Trinajstić information content (AvgIpc) is 3.05. The Bertz CT molecular complexity index is 566. The topological polar surface area (TPSA) is 43.0 Å². The van der Waals surface area contributed by atoms with E-state index in [4.69, 9.17) is 4.42 Å². The highest BCUT2D eigenvalue weighted by Crippen LogP contribution is 2.20. The van der Waals surface area contributed by atoms with Crippen LogP contribution in [0.15, 0.2) is 22.6 Å². The first kappa shape index (κ1) is 13.4. The minimum atomic E-state index is 0.716. The van der Waals surface area contributed by atoms with E-state index in [-0.39, 0.29) is 0 Å². The minimum absolute atomic E-state index is 0.716. The molecule has 3 rings (SSSR count). The number of nitrogens with zero attached hydrogens (tertiary/aromatic N) is 2. The Kier molecular flexibility index (Phi) is 3.92. The quantitative estimate of drug-likeness (QED) is 0.843. The molecular weight excluding hydrogens is 250 g/mol. The highest BCUT2D eigenvalue weighted by Gasteiger charge is 2.20. The SMILES string of the molecule is CCc1cc(CC)n(Cc2ccc(CNC3CC3)o2)n1. The standard InChI is InChI=1S/C16H23N3O/c1-3-12-9-14(4-2)19(18-12)11-16-8-7-15(20-16)10-17-13-5-6-13/h7-9,13,17H,3-6,10-11H2,1-2H3. The van der Waals surface area contributed by atoms with E-state index in [2.05, 4.69) is 47.1 Å². The van der Waals surface area contributed by atoms with Gasteiger partial charge >= 0.3 is 0 Å². The molecule has 0 spiro atoms. The maximum absolute atomic E-state index is 5.88. The summed E-state index contributed by atoms with van der Waals surface area (Å²) in [7, 11) is 0. The number of aryl methyl sites for hydroxylation is 2. The molecule has 1 aliphatic rings. The lowest BCUT2D eigenvalue weighted by Crippen LogP contribution is -2.14. The number of aromatic nitrogens is 2. The van der Waals surface area contributed by atoms with Gasteiger partial charge in [0.15, 0.2) is 0 Å². The first-order valence-corrected chi connectivity index (χ1v) is 7.65. The summed E-state index contributed by atoms with van der Waals surface area (Å²) in [5.74, 6) is 2.01. The molecule has 0 unspecified atom stereocenters. The van der Waals surface area contributed by atoms with E-state index in [1.165, 1.54) is 18.5 Å². The van der Waals surface area contributed by atoms with E-state index < -0.39 is 0 Å². The average molecular weight is 273 g/mol. The first-order chi connectivity index (χ1) is 9.78. The molecule has 1 aliphatic carbocycles. The molecular formula is C16H23N3O. The van der Waals surface area contributed by atoms with Gasteiger partial charge in [-0.1, -0.05) is 13.8 Å². The Morgan fingerprint density at radius 2 is 2.05 bits per heavy atom. The van der Waals surface area contributed by atoms with Crippen molar-refractivity contribution in [3.05, 3.63) is 41.1 Å². The summed E-state index contributed by atoms with van der Waals surface area (Å²) < 4.78 is 7.95. The van der Waals surface area contributed by atoms with Crippen LogP contribution < -0.4 is 5.32 Å². The van der Waals surface area contributed by atoms with Gasteiger partial charge in [-0.05, 0) is 43.9 Å². The Labute approximate surface area is 120 Å². The maximum atomic E-state index is 5.88. The van der Waals surface area contributed by atoms with Crippen LogP contribution in [0.1, 0.15) is 49.6 Å². The molecule has 0 atom stereocenters. The number of nitrogens with one attached hydrogen (secondary N) is 1. The molecule has 0 radical (unpaired) electrons. The Balaban J connectivity index is 1.65. The Morgan fingerprint density at radius 1 is 1.25 bits per heavy atom. The molecule has 4 nitrogen and oxygen atoms in total. The summed E-state index contributed by atoms with van der Waals surface area (Å²) in [6, 6.07) is 7.05. The van der Waals surface area contributed by atoms with E-state index in [1.807, 2.05) is 0 Å². The van der Waals surface area contributed by atoms with Crippen molar-refractivity contribution in [3.63, 3.8) is 0 Å². The Hall–Kier alpha value is -1.55. The number of hydrogen-bond donors (Lipinski definition) is 1. The summed E-state index contributed by atoms with van der Waals surface area (Å²) >= 11 is 0. The molecule has 1 N–H and O–H groups in total. The molecule has 2 heterocycles. The third-order valence-electron chi connectivity index (χ3n) is 3.80. The molecule has 1 fully saturated rings. The van der Waals surface area contributed by atoms with E-state index >= 15 is 0 Å². The third kappa shape index (κ3) is 3.12. The number of hydrogen-bond acceptors (Lipinski definition) is 3. The zero-order valence-corrected chi connectivity index (χ0v) is 12.4. The third-order valence-corrected chi connectivity index (χ3v) is 3.80. The van der Waals surface area contributed by atoms with Crippen LogP contribution in [0.2, 0.25) is 0 Å². The monoisotopic (exact) mass is 273 g/mol. The zero-order valence-electron chi connectivity index (χ0n) is 12.4. The van der Waals surface area contributed by atoms with Gasteiger partial charge in [0, 0.05) is 11.7 Å². The fourth-order valence-electron chi connectivity index (χ4n) is 2.39. The van der Waals surface area contributed by atoms with Crippen LogP contribution in [0.5, 0.6) is 0 Å². The summed E-state index contributed by atoms with van der Waals surface area (Å²) in [6.45, 7) is 5.87. The van der Waals surface area contributed by atoms with Gasteiger partial charge in [0.05, 0.1) is 18.8 Å². The fourth-order valence-corrected chi connectivity index (χ4v) is 2.39. The van der Waals surface area contributed by atoms with Gasteiger partial charge in [-0.15, -0.1) is 0 Å². The van der Waals surface area contributed by atoms with Crippen molar-refractivity contribution >= 4 is 0 Å². The molecule has 0 aromatic carbocycles. The second-order valence-corrected chi connectivity index (χ2v) is 5.51. The lowest BCUT2D eigenvalue weighted by atomic mass is 10.2. The van der Waals surface area contributed by atoms with Crippen LogP contribution in [0.25, 0.3) is 0 Å². The highest BCUT2D eigenvalue weighted by molar-refractivity contribution is 5.13. The molecule has 0 amide bonds. The summed E-state index contributed by atoms with van der Waals surface area (Å²) in [6.07, 6.45) is 4.60. The molecule has 0 aliphatic heterocycles. The second kappa shape index (κ2) is 5.83. The lowest BCUT2D eigenvalue weighted by Gasteiger charge is -2.03. The first-order valence-electron chi connectivity index (χ1n) is 7.65. The van der Waals surface area contributed by atoms with Crippen LogP contribution >= 0.6 is 0 Å². The van der Waals surface area contributed by atoms with E-state index in [0.29, 0.717) is 6.04 Å². The van der Waals surface area contributed by atoms with Gasteiger partial charge in [-0.25, -0.2) is 0 Å². The van der Waals surface area contributed by atoms with Crippen LogP contribution in [-0.4, -0.2) is 15.8 Å². The summed E-state index contributed by atoms with van der Waals surface area (Å²) in [5, 5.41) is 8.10. The molecule has 0 bridgehead atoms. The van der Waals surface area contributed by atoms with Crippen molar-refractivity contribution in [1.82, 2.24) is 15.1 Å². The molecule has 0 saturated heterocycles. The van der Waals surface area contributed by atoms with Gasteiger partial charge in [0.1, 0.15) is 11.5 Å². The van der Waals surface area contributed by atoms with Crippen molar-refractivity contribution in [2.75, 3.05) is 0 Å². The van der Waals surface area contributed by atoms with Crippen LogP contribution in [0.4, 0.5) is 0 Å². The van der Waals surface area contributed by atoms with Gasteiger partial charge in [0.2, 0.25) is 0 Å². The van der Waals surface area contributed by atoms with Crippen molar-refractivity contribution in [1.29, 1.82) is 0 Å². The second-order valence-electron chi connectivity index (χ2n) is 5.51. The number of rotatable bonds is 7. The summed E-state index contributed by atoms with van der Waals surface area (Å²) in [5.41, 5.74) is 2.43. The largest absolute Gasteiger partial charge is 0.463 e. The fraction of sp³-hybridized carbons (Fsp3) is 0.562. The predicted octanol–water partition coefficient (Wildman–Crippen LogP) is 2.90. The van der Waals surface area contributed by atoms with Crippen LogP contribution in [-0.2, 0) is 25.9 Å². The molecule has 4 heteroatoms. The van der Waals surface area contributed by atoms with Crippen LogP contribution in [0.3, 0.4) is 0 Å². The summed E-state index contributed by atoms with van der Waals surface area (Å²) in [4.78, 5) is 0. The number of furan rings is 1.